The first kappa shape index (κ1) is 30.8. The highest BCUT2D eigenvalue weighted by Crippen LogP contribution is 2.47. The largest absolute Gasteiger partial charge is 0.469 e. The molecule has 34 heavy (non-hydrogen) atoms. The van der Waals surface area contributed by atoms with E-state index in [4.69, 9.17) is 9.47 Å². The highest BCUT2D eigenvalue weighted by atomic mass is 16.6. The maximum Gasteiger partial charge on any atom is 0.308 e. The molecule has 0 aromatic carbocycles. The van der Waals surface area contributed by atoms with Crippen LogP contribution in [0, 0.1) is 29.1 Å². The minimum absolute atomic E-state index is 0.00755. The lowest BCUT2D eigenvalue weighted by molar-refractivity contribution is -0.149. The number of allylic oxidation sites excluding steroid dienone is 1. The number of methoxy groups -OCH3 is 2. The molecule has 7 heteroatoms. The zero-order valence-electron chi connectivity index (χ0n) is 23.0. The number of ketones is 1. The van der Waals surface area contributed by atoms with Gasteiger partial charge < -0.3 is 24.4 Å². The van der Waals surface area contributed by atoms with Crippen LogP contribution in [0.25, 0.3) is 0 Å². The van der Waals surface area contributed by atoms with Crippen molar-refractivity contribution in [1.29, 1.82) is 0 Å². The Kier molecular flexibility index (Phi) is 11.0. The van der Waals surface area contributed by atoms with E-state index >= 15 is 0 Å². The molecular weight excluding hydrogens is 436 g/mol. The molecule has 0 unspecified atom stereocenters. The van der Waals surface area contributed by atoms with E-state index in [1.54, 1.807) is 6.92 Å². The number of aliphatic hydroxyl groups is 2. The van der Waals surface area contributed by atoms with Crippen molar-refractivity contribution in [2.75, 3.05) is 14.2 Å². The van der Waals surface area contributed by atoms with Crippen LogP contribution in [-0.4, -0.2) is 66.2 Å². The summed E-state index contributed by atoms with van der Waals surface area (Å²) in [5, 5.41) is 21.6. The first-order chi connectivity index (χ1) is 15.5. The molecule has 1 aliphatic rings. The number of hydrogen-bond acceptors (Lipinski definition) is 7. The third-order valence-electron chi connectivity index (χ3n) is 7.55. The van der Waals surface area contributed by atoms with Crippen LogP contribution in [0.3, 0.4) is 0 Å². The van der Waals surface area contributed by atoms with Gasteiger partial charge in [0.05, 0.1) is 43.4 Å². The van der Waals surface area contributed by atoms with Gasteiger partial charge in [0.15, 0.2) is 0 Å². The average Bonchev–Trinajstić information content (AvgIpc) is 3.44. The molecule has 0 saturated carbocycles. The van der Waals surface area contributed by atoms with Gasteiger partial charge in [-0.25, -0.2) is 0 Å². The lowest BCUT2D eigenvalue weighted by atomic mass is 9.70. The van der Waals surface area contributed by atoms with E-state index in [9.17, 15) is 19.8 Å². The summed E-state index contributed by atoms with van der Waals surface area (Å²) in [4.78, 5) is 25.1. The van der Waals surface area contributed by atoms with E-state index in [1.807, 2.05) is 48.5 Å². The van der Waals surface area contributed by atoms with E-state index in [-0.39, 0.29) is 36.1 Å². The van der Waals surface area contributed by atoms with Gasteiger partial charge in [-0.15, -0.1) is 0 Å². The molecule has 0 aromatic rings. The van der Waals surface area contributed by atoms with Crippen molar-refractivity contribution >= 4 is 11.8 Å². The fourth-order valence-electron chi connectivity index (χ4n) is 5.66. The Morgan fingerprint density at radius 2 is 1.68 bits per heavy atom. The number of carbonyl (C=O) groups is 2. The standard InChI is InChI=1S/C27H48O7/c1-15(2)12-18(5)24-27(9,34-24)23(31)17(4)13-16(3)22(30)26(7,8)25(33-11)19(6)20(28)14-21(29)32-10/h12,16-20,23-25,28,31H,13-14H2,1-11H3/t16-,17-,18-,19+,20+,23-,24+,25+,27+/m0/s1. The summed E-state index contributed by atoms with van der Waals surface area (Å²) in [6, 6.07) is 0. The van der Waals surface area contributed by atoms with Gasteiger partial charge in [0.2, 0.25) is 0 Å². The molecule has 1 heterocycles. The molecule has 9 atom stereocenters. The predicted octanol–water partition coefficient (Wildman–Crippen LogP) is 3.94. The maximum atomic E-state index is 13.5. The Bertz CT molecular complexity index is 726. The fourth-order valence-corrected chi connectivity index (χ4v) is 5.66. The van der Waals surface area contributed by atoms with E-state index in [2.05, 4.69) is 17.7 Å². The summed E-state index contributed by atoms with van der Waals surface area (Å²) < 4.78 is 16.3. The van der Waals surface area contributed by atoms with Crippen molar-refractivity contribution in [1.82, 2.24) is 0 Å². The first-order valence-corrected chi connectivity index (χ1v) is 12.4. The van der Waals surface area contributed by atoms with Crippen LogP contribution in [-0.2, 0) is 23.8 Å². The second-order valence-electron chi connectivity index (χ2n) is 11.3. The second kappa shape index (κ2) is 12.1. The summed E-state index contributed by atoms with van der Waals surface area (Å²) in [6.45, 7) is 17.3. The number of hydrogen-bond donors (Lipinski definition) is 2. The zero-order valence-corrected chi connectivity index (χ0v) is 23.0. The van der Waals surface area contributed by atoms with Gasteiger partial charge >= 0.3 is 5.97 Å². The molecule has 0 bridgehead atoms. The molecule has 7 nitrogen and oxygen atoms in total. The van der Waals surface area contributed by atoms with E-state index < -0.39 is 41.2 Å². The predicted molar refractivity (Wildman–Crippen MR) is 132 cm³/mol. The van der Waals surface area contributed by atoms with Crippen LogP contribution in [0.2, 0.25) is 0 Å². The Labute approximate surface area is 206 Å². The van der Waals surface area contributed by atoms with Crippen LogP contribution in [0.4, 0.5) is 0 Å². The third kappa shape index (κ3) is 7.12. The highest BCUT2D eigenvalue weighted by Gasteiger charge is 2.60. The smallest absolute Gasteiger partial charge is 0.308 e. The zero-order chi connectivity index (χ0) is 26.6. The van der Waals surface area contributed by atoms with Gasteiger partial charge in [-0.05, 0) is 33.1 Å². The second-order valence-corrected chi connectivity index (χ2v) is 11.3. The number of Topliss-reactive ketones (excluding diaryl/α,β-unsaturated/α-hetero) is 1. The van der Waals surface area contributed by atoms with Gasteiger partial charge in [0, 0.05) is 24.9 Å². The normalized spacial score (nSPS) is 26.4. The van der Waals surface area contributed by atoms with Crippen LogP contribution >= 0.6 is 0 Å². The molecule has 198 valence electrons. The summed E-state index contributed by atoms with van der Waals surface area (Å²) in [5.41, 5.74) is -0.312. The van der Waals surface area contributed by atoms with Crippen molar-refractivity contribution in [2.45, 2.75) is 105 Å². The van der Waals surface area contributed by atoms with Gasteiger partial charge in [-0.1, -0.05) is 53.2 Å². The van der Waals surface area contributed by atoms with Crippen molar-refractivity contribution in [3.05, 3.63) is 11.6 Å². The minimum atomic E-state index is -0.993. The topological polar surface area (TPSA) is 106 Å². The molecule has 0 aromatic heterocycles. The maximum absolute atomic E-state index is 13.5. The summed E-state index contributed by atoms with van der Waals surface area (Å²) in [6.07, 6.45) is 0.170. The van der Waals surface area contributed by atoms with Gasteiger partial charge in [-0.2, -0.15) is 0 Å². The lowest BCUT2D eigenvalue weighted by Crippen LogP contribution is -2.48. The molecule has 0 amide bonds. The molecular formula is C27H48O7. The number of aliphatic hydroxyl groups excluding tert-OH is 2. The number of ether oxygens (including phenoxy) is 3. The lowest BCUT2D eigenvalue weighted by Gasteiger charge is -2.39. The Morgan fingerprint density at radius 1 is 1.12 bits per heavy atom. The molecule has 1 fully saturated rings. The summed E-state index contributed by atoms with van der Waals surface area (Å²) in [5.74, 6) is -1.26. The van der Waals surface area contributed by atoms with Gasteiger partial charge in [0.1, 0.15) is 11.4 Å². The summed E-state index contributed by atoms with van der Waals surface area (Å²) >= 11 is 0. The average molecular weight is 485 g/mol. The van der Waals surface area contributed by atoms with Crippen molar-refractivity contribution in [3.8, 4) is 0 Å². The molecule has 0 radical (unpaired) electrons. The number of epoxide rings is 1. The van der Waals surface area contributed by atoms with Crippen LogP contribution < -0.4 is 0 Å². The highest BCUT2D eigenvalue weighted by molar-refractivity contribution is 5.86. The Morgan fingerprint density at radius 3 is 2.15 bits per heavy atom. The Balaban J connectivity index is 2.86. The van der Waals surface area contributed by atoms with Crippen molar-refractivity contribution < 1.29 is 34.0 Å². The third-order valence-corrected chi connectivity index (χ3v) is 7.55. The first-order valence-electron chi connectivity index (χ1n) is 12.4. The molecule has 1 saturated heterocycles. The van der Waals surface area contributed by atoms with Crippen LogP contribution in [0.5, 0.6) is 0 Å². The van der Waals surface area contributed by atoms with Gasteiger partial charge in [-0.3, -0.25) is 9.59 Å². The van der Waals surface area contributed by atoms with Crippen LogP contribution in [0.1, 0.15) is 75.2 Å². The van der Waals surface area contributed by atoms with E-state index in [0.29, 0.717) is 6.42 Å². The number of esters is 1. The van der Waals surface area contributed by atoms with Gasteiger partial charge in [0.25, 0.3) is 0 Å². The molecule has 2 N–H and O–H groups in total. The van der Waals surface area contributed by atoms with Crippen LogP contribution in [0.15, 0.2) is 11.6 Å². The number of rotatable bonds is 14. The minimum Gasteiger partial charge on any atom is -0.469 e. The van der Waals surface area contributed by atoms with Crippen molar-refractivity contribution in [2.24, 2.45) is 29.1 Å². The Hall–Kier alpha value is -1.28. The SMILES string of the molecule is COC(=O)C[C@@H](O)[C@@H](C)[C@@H](OC)C(C)(C)C(=O)[C@@H](C)C[C@H](C)[C@H](O)[C@@]1(C)O[C@@H]1[C@@H](C)C=C(C)C. The van der Waals surface area contributed by atoms with E-state index in [1.165, 1.54) is 19.8 Å². The number of carbonyl (C=O) groups excluding carboxylic acids is 2. The van der Waals surface area contributed by atoms with E-state index in [0.717, 1.165) is 0 Å². The molecule has 1 aliphatic heterocycles. The quantitative estimate of drug-likeness (QED) is 0.218. The molecule has 1 rings (SSSR count). The molecule has 0 spiro atoms. The monoisotopic (exact) mass is 484 g/mol. The molecule has 0 aliphatic carbocycles. The fraction of sp³-hybridized carbons (Fsp3) is 0.852. The summed E-state index contributed by atoms with van der Waals surface area (Å²) in [7, 11) is 2.78. The van der Waals surface area contributed by atoms with Crippen molar-refractivity contribution in [3.63, 3.8) is 0 Å².